The molecule has 0 aromatic heterocycles. The van der Waals surface area contributed by atoms with Crippen molar-refractivity contribution in [3.05, 3.63) is 29.8 Å². The molecule has 1 aromatic rings. The second-order valence-corrected chi connectivity index (χ2v) is 7.90. The van der Waals surface area contributed by atoms with Crippen molar-refractivity contribution in [2.45, 2.75) is 44.6 Å². The monoisotopic (exact) mass is 342 g/mol. The second kappa shape index (κ2) is 7.36. The third-order valence-corrected chi connectivity index (χ3v) is 6.44. The number of ether oxygens (including phenoxy) is 1. The lowest BCUT2D eigenvalue weighted by Gasteiger charge is -2.37. The van der Waals surface area contributed by atoms with Crippen LogP contribution in [-0.2, 0) is 4.79 Å². The normalized spacial score (nSPS) is 30.1. The Hall–Kier alpha value is -1.55. The third-order valence-electron chi connectivity index (χ3n) is 6.44. The number of amides is 1. The fourth-order valence-electron chi connectivity index (χ4n) is 4.98. The van der Waals surface area contributed by atoms with E-state index in [1.54, 1.807) is 7.11 Å². The van der Waals surface area contributed by atoms with Gasteiger partial charge >= 0.3 is 0 Å². The maximum Gasteiger partial charge on any atom is 0.226 e. The largest absolute Gasteiger partial charge is 0.496 e. The summed E-state index contributed by atoms with van der Waals surface area (Å²) in [5, 5.41) is 3.45. The maximum atomic E-state index is 13.3. The lowest BCUT2D eigenvalue weighted by atomic mass is 9.85. The molecule has 136 valence electrons. The molecule has 2 aliphatic carbocycles. The first-order chi connectivity index (χ1) is 12.3. The minimum absolute atomic E-state index is 0.0880. The number of piperazine rings is 1. The molecule has 3 unspecified atom stereocenters. The first kappa shape index (κ1) is 16.9. The van der Waals surface area contributed by atoms with Gasteiger partial charge in [-0.25, -0.2) is 0 Å². The first-order valence-electron chi connectivity index (χ1n) is 9.93. The van der Waals surface area contributed by atoms with Crippen LogP contribution >= 0.6 is 0 Å². The summed E-state index contributed by atoms with van der Waals surface area (Å²) in [7, 11) is 1.71. The van der Waals surface area contributed by atoms with Crippen LogP contribution in [0.3, 0.4) is 0 Å². The predicted molar refractivity (Wildman–Crippen MR) is 98.5 cm³/mol. The van der Waals surface area contributed by atoms with Crippen molar-refractivity contribution in [1.82, 2.24) is 10.2 Å². The Kier molecular flexibility index (Phi) is 4.98. The molecule has 3 aliphatic rings. The number of benzene rings is 1. The molecule has 1 N–H and O–H groups in total. The zero-order chi connectivity index (χ0) is 17.2. The maximum absolute atomic E-state index is 13.3. The number of nitrogens with one attached hydrogen (secondary N) is 1. The van der Waals surface area contributed by atoms with Gasteiger partial charge in [0.15, 0.2) is 0 Å². The van der Waals surface area contributed by atoms with Crippen molar-refractivity contribution in [1.29, 1.82) is 0 Å². The quantitative estimate of drug-likeness (QED) is 0.912. The lowest BCUT2D eigenvalue weighted by Crippen LogP contribution is -2.49. The molecule has 4 nitrogen and oxygen atoms in total. The molecule has 0 radical (unpaired) electrons. The number of carbonyl (C=O) groups is 1. The number of para-hydroxylation sites is 1. The van der Waals surface area contributed by atoms with E-state index in [1.165, 1.54) is 32.1 Å². The van der Waals surface area contributed by atoms with Gasteiger partial charge in [0.2, 0.25) is 5.91 Å². The van der Waals surface area contributed by atoms with Gasteiger partial charge in [-0.3, -0.25) is 4.79 Å². The van der Waals surface area contributed by atoms with Gasteiger partial charge in [0, 0.05) is 31.1 Å². The minimum Gasteiger partial charge on any atom is -0.496 e. The van der Waals surface area contributed by atoms with Crippen molar-refractivity contribution in [3.8, 4) is 5.75 Å². The molecule has 1 saturated heterocycles. The van der Waals surface area contributed by atoms with Crippen LogP contribution in [0.2, 0.25) is 0 Å². The lowest BCUT2D eigenvalue weighted by molar-refractivity contribution is -0.136. The van der Waals surface area contributed by atoms with E-state index in [0.717, 1.165) is 43.3 Å². The molecule has 3 fully saturated rings. The van der Waals surface area contributed by atoms with E-state index in [9.17, 15) is 4.79 Å². The molecule has 0 bridgehead atoms. The van der Waals surface area contributed by atoms with Crippen molar-refractivity contribution < 1.29 is 9.53 Å². The summed E-state index contributed by atoms with van der Waals surface area (Å²) in [6.45, 7) is 2.50. The van der Waals surface area contributed by atoms with Crippen LogP contribution in [0, 0.1) is 17.8 Å². The summed E-state index contributed by atoms with van der Waals surface area (Å²) >= 11 is 0. The number of nitrogens with zero attached hydrogens (tertiary/aromatic N) is 1. The fraction of sp³-hybridized carbons (Fsp3) is 0.667. The molecule has 4 heteroatoms. The van der Waals surface area contributed by atoms with E-state index < -0.39 is 0 Å². The summed E-state index contributed by atoms with van der Waals surface area (Å²) in [5.41, 5.74) is 1.13. The van der Waals surface area contributed by atoms with E-state index in [-0.39, 0.29) is 12.0 Å². The van der Waals surface area contributed by atoms with Gasteiger partial charge in [0.05, 0.1) is 13.2 Å². The summed E-state index contributed by atoms with van der Waals surface area (Å²) in [6.07, 6.45) is 7.90. The SMILES string of the molecule is COc1ccccc1C1CNCCN1C(=O)C1CC1C1CCCCC1. The van der Waals surface area contributed by atoms with E-state index in [2.05, 4.69) is 16.3 Å². The summed E-state index contributed by atoms with van der Waals surface area (Å²) < 4.78 is 5.55. The van der Waals surface area contributed by atoms with Crippen molar-refractivity contribution in [2.75, 3.05) is 26.7 Å². The second-order valence-electron chi connectivity index (χ2n) is 7.90. The van der Waals surface area contributed by atoms with Crippen LogP contribution in [-0.4, -0.2) is 37.6 Å². The van der Waals surface area contributed by atoms with Gasteiger partial charge in [-0.15, -0.1) is 0 Å². The molecule has 1 aromatic carbocycles. The van der Waals surface area contributed by atoms with E-state index in [0.29, 0.717) is 11.8 Å². The van der Waals surface area contributed by atoms with Crippen molar-refractivity contribution in [2.24, 2.45) is 17.8 Å². The molecule has 1 amide bonds. The average Bonchev–Trinajstić information content (AvgIpc) is 3.49. The van der Waals surface area contributed by atoms with Gasteiger partial charge in [-0.1, -0.05) is 50.3 Å². The molecule has 4 rings (SSSR count). The van der Waals surface area contributed by atoms with Crippen LogP contribution in [0.1, 0.15) is 50.1 Å². The van der Waals surface area contributed by atoms with Gasteiger partial charge in [0.1, 0.15) is 5.75 Å². The van der Waals surface area contributed by atoms with Crippen molar-refractivity contribution >= 4 is 5.91 Å². The minimum atomic E-state index is 0.0880. The highest BCUT2D eigenvalue weighted by atomic mass is 16.5. The first-order valence-corrected chi connectivity index (χ1v) is 9.93. The summed E-state index contributed by atoms with van der Waals surface area (Å²) in [6, 6.07) is 8.21. The Balaban J connectivity index is 1.48. The van der Waals surface area contributed by atoms with Gasteiger partial charge in [0.25, 0.3) is 0 Å². The Morgan fingerprint density at radius 2 is 2.00 bits per heavy atom. The highest BCUT2D eigenvalue weighted by Crippen LogP contribution is 2.51. The highest BCUT2D eigenvalue weighted by Gasteiger charge is 2.50. The van der Waals surface area contributed by atoms with Crippen LogP contribution in [0.5, 0.6) is 5.75 Å². The van der Waals surface area contributed by atoms with E-state index >= 15 is 0 Å². The zero-order valence-electron chi connectivity index (χ0n) is 15.2. The van der Waals surface area contributed by atoms with Crippen molar-refractivity contribution in [3.63, 3.8) is 0 Å². The molecule has 1 aliphatic heterocycles. The number of rotatable bonds is 4. The summed E-state index contributed by atoms with van der Waals surface area (Å²) in [5.74, 6) is 3.00. The van der Waals surface area contributed by atoms with Crippen LogP contribution in [0.4, 0.5) is 0 Å². The molecule has 1 heterocycles. The average molecular weight is 342 g/mol. The smallest absolute Gasteiger partial charge is 0.226 e. The van der Waals surface area contributed by atoms with Crippen LogP contribution < -0.4 is 10.1 Å². The number of methoxy groups -OCH3 is 1. The zero-order valence-corrected chi connectivity index (χ0v) is 15.2. The topological polar surface area (TPSA) is 41.6 Å². The standard InChI is InChI=1S/C21H30N2O2/c1-25-20-10-6-5-9-16(20)19-14-22-11-12-23(19)21(24)18-13-17(18)15-7-3-2-4-8-15/h5-6,9-10,15,17-19,22H,2-4,7-8,11-14H2,1H3. The Bertz CT molecular complexity index is 612. The van der Waals surface area contributed by atoms with Gasteiger partial charge in [-0.2, -0.15) is 0 Å². The molecule has 0 spiro atoms. The highest BCUT2D eigenvalue weighted by molar-refractivity contribution is 5.82. The van der Waals surface area contributed by atoms with Crippen LogP contribution in [0.25, 0.3) is 0 Å². The Morgan fingerprint density at radius 1 is 1.20 bits per heavy atom. The van der Waals surface area contributed by atoms with Gasteiger partial charge < -0.3 is 15.0 Å². The molecular weight excluding hydrogens is 312 g/mol. The number of hydrogen-bond donors (Lipinski definition) is 1. The molecule has 2 saturated carbocycles. The van der Waals surface area contributed by atoms with Gasteiger partial charge in [-0.05, 0) is 24.3 Å². The molecule has 3 atom stereocenters. The van der Waals surface area contributed by atoms with Crippen LogP contribution in [0.15, 0.2) is 24.3 Å². The number of carbonyl (C=O) groups excluding carboxylic acids is 1. The Labute approximate surface area is 150 Å². The third kappa shape index (κ3) is 3.41. The predicted octanol–water partition coefficient (Wildman–Crippen LogP) is 3.38. The van der Waals surface area contributed by atoms with E-state index in [1.807, 2.05) is 18.2 Å². The fourth-order valence-corrected chi connectivity index (χ4v) is 4.98. The van der Waals surface area contributed by atoms with E-state index in [4.69, 9.17) is 4.74 Å². The number of hydrogen-bond acceptors (Lipinski definition) is 3. The molecule has 25 heavy (non-hydrogen) atoms. The summed E-state index contributed by atoms with van der Waals surface area (Å²) in [4.78, 5) is 15.4. The Morgan fingerprint density at radius 3 is 2.80 bits per heavy atom. The molecular formula is C21H30N2O2.